The average Bonchev–Trinajstić information content (AvgIpc) is 2.74. The summed E-state index contributed by atoms with van der Waals surface area (Å²) < 4.78 is 0. The molecule has 1 aliphatic rings. The fourth-order valence-corrected chi connectivity index (χ4v) is 2.84. The van der Waals surface area contributed by atoms with Crippen LogP contribution in [0.4, 0.5) is 11.4 Å². The van der Waals surface area contributed by atoms with Crippen LogP contribution in [0, 0.1) is 5.41 Å². The van der Waals surface area contributed by atoms with E-state index in [0.29, 0.717) is 6.04 Å². The van der Waals surface area contributed by atoms with Gasteiger partial charge in [0.15, 0.2) is 0 Å². The molecule has 1 unspecified atom stereocenters. The quantitative estimate of drug-likeness (QED) is 0.636. The average molecular weight is 251 g/mol. The molecule has 96 valence electrons. The first kappa shape index (κ1) is 11.8. The van der Waals surface area contributed by atoms with E-state index in [2.05, 4.69) is 36.1 Å². The number of para-hydroxylation sites is 2. The van der Waals surface area contributed by atoms with Crippen LogP contribution in [0.2, 0.25) is 0 Å². The van der Waals surface area contributed by atoms with Gasteiger partial charge in [-0.25, -0.2) is 0 Å². The molecule has 3 N–H and O–H groups in total. The van der Waals surface area contributed by atoms with Gasteiger partial charge in [0.2, 0.25) is 0 Å². The number of fused-ring (bicyclic) bond motifs is 1. The maximum Gasteiger partial charge on any atom is 0.124 e. The molecular weight excluding hydrogens is 234 g/mol. The number of rotatable bonds is 2. The number of nitrogens with zero attached hydrogens (tertiary/aromatic N) is 1. The van der Waals surface area contributed by atoms with Crippen molar-refractivity contribution in [1.82, 2.24) is 0 Å². The maximum atomic E-state index is 7.74. The molecule has 0 bridgehead atoms. The van der Waals surface area contributed by atoms with Gasteiger partial charge < -0.3 is 10.6 Å². The maximum absolute atomic E-state index is 7.74. The molecule has 0 spiro atoms. The molecule has 0 amide bonds. The van der Waals surface area contributed by atoms with Gasteiger partial charge in [-0.3, -0.25) is 5.41 Å². The number of hydrogen-bond donors (Lipinski definition) is 2. The van der Waals surface area contributed by atoms with Gasteiger partial charge in [0, 0.05) is 17.3 Å². The minimum atomic E-state index is 0.118. The van der Waals surface area contributed by atoms with E-state index in [-0.39, 0.29) is 5.84 Å². The molecule has 0 saturated heterocycles. The summed E-state index contributed by atoms with van der Waals surface area (Å²) in [5.74, 6) is 0.118. The third-order valence-corrected chi connectivity index (χ3v) is 3.66. The van der Waals surface area contributed by atoms with Crippen LogP contribution in [-0.4, -0.2) is 11.9 Å². The van der Waals surface area contributed by atoms with Gasteiger partial charge in [-0.1, -0.05) is 30.3 Å². The Morgan fingerprint density at radius 2 is 1.74 bits per heavy atom. The number of benzene rings is 2. The highest BCUT2D eigenvalue weighted by Gasteiger charge is 2.28. The predicted octanol–water partition coefficient (Wildman–Crippen LogP) is 3.05. The molecule has 1 aliphatic heterocycles. The van der Waals surface area contributed by atoms with Gasteiger partial charge in [-0.05, 0) is 37.1 Å². The lowest BCUT2D eigenvalue weighted by Gasteiger charge is -2.27. The SMILES string of the molecule is CC1Cc2ccccc2N1c1ccccc1C(=N)N. The van der Waals surface area contributed by atoms with E-state index in [9.17, 15) is 0 Å². The fraction of sp³-hybridized carbons (Fsp3) is 0.188. The minimum Gasteiger partial charge on any atom is -0.384 e. The number of anilines is 2. The molecule has 19 heavy (non-hydrogen) atoms. The number of nitrogens with two attached hydrogens (primary N) is 1. The van der Waals surface area contributed by atoms with E-state index >= 15 is 0 Å². The number of nitrogens with one attached hydrogen (secondary N) is 1. The van der Waals surface area contributed by atoms with Gasteiger partial charge >= 0.3 is 0 Å². The summed E-state index contributed by atoms with van der Waals surface area (Å²) in [6, 6.07) is 16.7. The lowest BCUT2D eigenvalue weighted by atomic mass is 10.1. The smallest absolute Gasteiger partial charge is 0.124 e. The van der Waals surface area contributed by atoms with Gasteiger partial charge in [-0.15, -0.1) is 0 Å². The van der Waals surface area contributed by atoms with Crippen LogP contribution in [0.3, 0.4) is 0 Å². The van der Waals surface area contributed by atoms with Crippen molar-refractivity contribution in [2.75, 3.05) is 4.90 Å². The summed E-state index contributed by atoms with van der Waals surface area (Å²) in [5, 5.41) is 7.74. The summed E-state index contributed by atoms with van der Waals surface area (Å²) >= 11 is 0. The van der Waals surface area contributed by atoms with Crippen molar-refractivity contribution in [2.24, 2.45) is 5.73 Å². The van der Waals surface area contributed by atoms with Gasteiger partial charge in [0.05, 0.1) is 5.69 Å². The zero-order chi connectivity index (χ0) is 13.4. The highest BCUT2D eigenvalue weighted by Crippen LogP contribution is 2.39. The number of nitrogen functional groups attached to an aromatic ring is 1. The van der Waals surface area contributed by atoms with E-state index < -0.39 is 0 Å². The Balaban J connectivity index is 2.15. The number of hydrogen-bond acceptors (Lipinski definition) is 2. The predicted molar refractivity (Wildman–Crippen MR) is 79.2 cm³/mol. The third-order valence-electron chi connectivity index (χ3n) is 3.66. The Morgan fingerprint density at radius 3 is 2.47 bits per heavy atom. The monoisotopic (exact) mass is 251 g/mol. The molecule has 0 aromatic heterocycles. The molecule has 0 aliphatic carbocycles. The Bertz CT molecular complexity index is 633. The molecule has 2 aromatic carbocycles. The highest BCUT2D eigenvalue weighted by molar-refractivity contribution is 6.01. The van der Waals surface area contributed by atoms with E-state index in [0.717, 1.165) is 17.7 Å². The lowest BCUT2D eigenvalue weighted by molar-refractivity contribution is 0.758. The van der Waals surface area contributed by atoms with Crippen molar-refractivity contribution >= 4 is 17.2 Å². The van der Waals surface area contributed by atoms with Crippen molar-refractivity contribution in [3.63, 3.8) is 0 Å². The van der Waals surface area contributed by atoms with Gasteiger partial charge in [-0.2, -0.15) is 0 Å². The zero-order valence-electron chi connectivity index (χ0n) is 10.9. The second kappa shape index (κ2) is 4.43. The van der Waals surface area contributed by atoms with Crippen LogP contribution >= 0.6 is 0 Å². The fourth-order valence-electron chi connectivity index (χ4n) is 2.84. The molecular formula is C16H17N3. The van der Waals surface area contributed by atoms with E-state index in [1.165, 1.54) is 11.3 Å². The summed E-state index contributed by atoms with van der Waals surface area (Å²) in [7, 11) is 0. The van der Waals surface area contributed by atoms with Crippen molar-refractivity contribution < 1.29 is 0 Å². The second-order valence-corrected chi connectivity index (χ2v) is 4.98. The van der Waals surface area contributed by atoms with E-state index in [1.54, 1.807) is 0 Å². The molecule has 0 fully saturated rings. The zero-order valence-corrected chi connectivity index (χ0v) is 10.9. The molecule has 3 nitrogen and oxygen atoms in total. The van der Waals surface area contributed by atoms with Crippen molar-refractivity contribution in [3.05, 3.63) is 59.7 Å². The van der Waals surface area contributed by atoms with Crippen LogP contribution in [-0.2, 0) is 6.42 Å². The summed E-state index contributed by atoms with van der Waals surface area (Å²) in [5.41, 5.74) is 10.1. The van der Waals surface area contributed by atoms with Crippen LogP contribution in [0.1, 0.15) is 18.1 Å². The molecule has 0 radical (unpaired) electrons. The normalized spacial score (nSPS) is 17.3. The molecule has 0 saturated carbocycles. The van der Waals surface area contributed by atoms with Gasteiger partial charge in [0.1, 0.15) is 5.84 Å². The lowest BCUT2D eigenvalue weighted by Crippen LogP contribution is -2.27. The Hall–Kier alpha value is -2.29. The van der Waals surface area contributed by atoms with Crippen LogP contribution in [0.25, 0.3) is 0 Å². The molecule has 1 heterocycles. The molecule has 1 atom stereocenters. The summed E-state index contributed by atoms with van der Waals surface area (Å²) in [4.78, 5) is 2.28. The second-order valence-electron chi connectivity index (χ2n) is 4.98. The van der Waals surface area contributed by atoms with E-state index in [4.69, 9.17) is 11.1 Å². The van der Waals surface area contributed by atoms with Crippen molar-refractivity contribution in [1.29, 1.82) is 5.41 Å². The summed E-state index contributed by atoms with van der Waals surface area (Å²) in [6.07, 6.45) is 1.03. The Morgan fingerprint density at radius 1 is 1.11 bits per heavy atom. The minimum absolute atomic E-state index is 0.118. The Kier molecular flexibility index (Phi) is 2.75. The first-order valence-corrected chi connectivity index (χ1v) is 6.49. The molecule has 3 heteroatoms. The first-order valence-electron chi connectivity index (χ1n) is 6.49. The van der Waals surface area contributed by atoms with Gasteiger partial charge in [0.25, 0.3) is 0 Å². The highest BCUT2D eigenvalue weighted by atomic mass is 15.2. The van der Waals surface area contributed by atoms with Crippen LogP contribution < -0.4 is 10.6 Å². The third kappa shape index (κ3) is 1.87. The standard InChI is InChI=1S/C16H17N3/c1-11-10-12-6-2-4-8-14(12)19(11)15-9-5-3-7-13(15)16(17)18/h2-9,11H,10H2,1H3,(H3,17,18). The van der Waals surface area contributed by atoms with Crippen molar-refractivity contribution in [2.45, 2.75) is 19.4 Å². The van der Waals surface area contributed by atoms with Crippen LogP contribution in [0.15, 0.2) is 48.5 Å². The first-order chi connectivity index (χ1) is 9.18. The topological polar surface area (TPSA) is 53.1 Å². The molecule has 3 rings (SSSR count). The van der Waals surface area contributed by atoms with E-state index in [1.807, 2.05) is 24.3 Å². The van der Waals surface area contributed by atoms with Crippen molar-refractivity contribution in [3.8, 4) is 0 Å². The largest absolute Gasteiger partial charge is 0.384 e. The summed E-state index contributed by atoms with van der Waals surface area (Å²) in [6.45, 7) is 2.21. The molecule has 2 aromatic rings. The Labute approximate surface area is 113 Å². The number of amidine groups is 1. The van der Waals surface area contributed by atoms with Crippen LogP contribution in [0.5, 0.6) is 0 Å².